The van der Waals surface area contributed by atoms with Crippen LogP contribution in [0.2, 0.25) is 0 Å². The minimum Gasteiger partial charge on any atom is -0.356 e. The van der Waals surface area contributed by atoms with Crippen molar-refractivity contribution in [3.05, 3.63) is 54.7 Å². The molecular weight excluding hydrogens is 452 g/mol. The molecule has 1 atom stereocenters. The van der Waals surface area contributed by atoms with Crippen LogP contribution in [-0.2, 0) is 11.8 Å². The summed E-state index contributed by atoms with van der Waals surface area (Å²) < 4.78 is 3.51. The summed E-state index contributed by atoms with van der Waals surface area (Å²) >= 11 is 0. The van der Waals surface area contributed by atoms with Gasteiger partial charge in [-0.3, -0.25) is 9.48 Å². The summed E-state index contributed by atoms with van der Waals surface area (Å²) in [6, 6.07) is 8.40. The molecule has 9 nitrogen and oxygen atoms in total. The first-order valence-electron chi connectivity index (χ1n) is 11.9. The number of fused-ring (bicyclic) bond motifs is 1. The number of carbonyl (C=O) groups is 1. The number of likely N-dealkylation sites (tertiary alicyclic amines) is 1. The Balaban J connectivity index is 1.31. The lowest BCUT2D eigenvalue weighted by atomic mass is 9.86. The number of carbonyl (C=O) groups excluding carboxylic acids is 1. The Labute approximate surface area is 208 Å². The molecule has 4 aromatic heterocycles. The van der Waals surface area contributed by atoms with Gasteiger partial charge in [0.15, 0.2) is 0 Å². The molecular formula is C27H24N8O. The summed E-state index contributed by atoms with van der Waals surface area (Å²) in [6.45, 7) is 3.18. The van der Waals surface area contributed by atoms with Gasteiger partial charge < -0.3 is 9.80 Å². The van der Waals surface area contributed by atoms with Crippen molar-refractivity contribution in [1.82, 2.24) is 29.3 Å². The van der Waals surface area contributed by atoms with Crippen LogP contribution in [-0.4, -0.2) is 61.4 Å². The third kappa shape index (κ3) is 3.57. The van der Waals surface area contributed by atoms with Gasteiger partial charge in [0, 0.05) is 79.5 Å². The number of anilines is 1. The number of hydrogen-bond acceptors (Lipinski definition) is 6. The highest BCUT2D eigenvalue weighted by Gasteiger charge is 2.44. The first kappa shape index (κ1) is 21.9. The minimum atomic E-state index is -0.218. The molecule has 0 saturated carbocycles. The summed E-state index contributed by atoms with van der Waals surface area (Å²) in [5, 5.41) is 18.4. The number of nitrogens with zero attached hydrogens (tertiary/aromatic N) is 8. The fourth-order valence-corrected chi connectivity index (χ4v) is 5.55. The van der Waals surface area contributed by atoms with E-state index in [9.17, 15) is 10.1 Å². The lowest BCUT2D eigenvalue weighted by molar-refractivity contribution is -0.124. The third-order valence-electron chi connectivity index (χ3n) is 7.44. The smallest absolute Gasteiger partial charge is 0.298 e. The van der Waals surface area contributed by atoms with Crippen LogP contribution in [0.5, 0.6) is 0 Å². The van der Waals surface area contributed by atoms with Crippen LogP contribution in [0.25, 0.3) is 27.8 Å². The highest BCUT2D eigenvalue weighted by molar-refractivity contribution is 5.93. The first-order chi connectivity index (χ1) is 17.5. The monoisotopic (exact) mass is 476 g/mol. The molecule has 0 N–H and O–H groups in total. The van der Waals surface area contributed by atoms with E-state index in [1.807, 2.05) is 44.0 Å². The molecule has 178 valence electrons. The maximum Gasteiger partial charge on any atom is 0.298 e. The molecule has 0 bridgehead atoms. The van der Waals surface area contributed by atoms with Crippen molar-refractivity contribution in [2.75, 3.05) is 31.1 Å². The Morgan fingerprint density at radius 1 is 1.06 bits per heavy atom. The predicted molar refractivity (Wildman–Crippen MR) is 135 cm³/mol. The van der Waals surface area contributed by atoms with Crippen LogP contribution in [0.3, 0.4) is 0 Å². The summed E-state index contributed by atoms with van der Waals surface area (Å²) in [5.74, 6) is 2.93. The molecule has 0 aromatic carbocycles. The molecule has 2 fully saturated rings. The van der Waals surface area contributed by atoms with Crippen LogP contribution in [0, 0.1) is 29.1 Å². The van der Waals surface area contributed by atoms with Crippen molar-refractivity contribution in [2.45, 2.75) is 12.8 Å². The third-order valence-corrected chi connectivity index (χ3v) is 7.44. The molecule has 6 heterocycles. The van der Waals surface area contributed by atoms with Crippen molar-refractivity contribution >= 4 is 17.2 Å². The van der Waals surface area contributed by atoms with Crippen molar-refractivity contribution < 1.29 is 4.79 Å². The molecule has 0 radical (unpaired) electrons. The van der Waals surface area contributed by atoms with Gasteiger partial charge in [-0.05, 0) is 37.0 Å². The SMILES string of the molecule is C#CC(=O)N1CCC2(CCN(c3ccc(-c4cc(-c5cnn(C)c5)cn5ncc(C#N)c45)cn3)C2)C1. The van der Waals surface area contributed by atoms with E-state index in [0.29, 0.717) is 12.1 Å². The molecule has 6 rings (SSSR count). The van der Waals surface area contributed by atoms with Gasteiger partial charge in [-0.25, -0.2) is 9.50 Å². The van der Waals surface area contributed by atoms with Gasteiger partial charge >= 0.3 is 0 Å². The fraction of sp³-hybridized carbons (Fsp3) is 0.296. The number of nitriles is 1. The molecule has 1 amide bonds. The topological polar surface area (TPSA) is 95.4 Å². The summed E-state index contributed by atoms with van der Waals surface area (Å²) in [4.78, 5) is 20.8. The standard InChI is InChI=1S/C27H24N8O/c1-3-25(36)34-9-7-27(18-34)6-8-33(17-27)24-5-4-19(12-29-24)23-10-20(22-14-30-32(2)15-22)16-35-26(23)21(11-28)13-31-35/h1,4-5,10,12-16H,6-9,17-18H2,2H3. The van der Waals surface area contributed by atoms with Crippen molar-refractivity contribution in [2.24, 2.45) is 12.5 Å². The maximum absolute atomic E-state index is 11.9. The van der Waals surface area contributed by atoms with Gasteiger partial charge in [0.25, 0.3) is 5.91 Å². The lowest BCUT2D eigenvalue weighted by Crippen LogP contribution is -2.33. The Hall–Kier alpha value is -4.63. The number of rotatable bonds is 3. The van der Waals surface area contributed by atoms with E-state index in [0.717, 1.165) is 66.1 Å². The van der Waals surface area contributed by atoms with Crippen LogP contribution in [0.4, 0.5) is 5.82 Å². The van der Waals surface area contributed by atoms with Gasteiger partial charge in [0.1, 0.15) is 11.9 Å². The number of pyridine rings is 2. The number of amides is 1. The van der Waals surface area contributed by atoms with Gasteiger partial charge in [0.2, 0.25) is 0 Å². The second-order valence-electron chi connectivity index (χ2n) is 9.71. The van der Waals surface area contributed by atoms with Crippen molar-refractivity contribution in [1.29, 1.82) is 5.26 Å². The summed E-state index contributed by atoms with van der Waals surface area (Å²) in [6.07, 6.45) is 16.4. The molecule has 1 spiro atoms. The van der Waals surface area contributed by atoms with Crippen molar-refractivity contribution in [3.8, 4) is 40.7 Å². The quantitative estimate of drug-likeness (QED) is 0.422. The van der Waals surface area contributed by atoms with Gasteiger partial charge in [-0.2, -0.15) is 15.5 Å². The van der Waals surface area contributed by atoms with Gasteiger partial charge in [0.05, 0.1) is 23.5 Å². The second-order valence-corrected chi connectivity index (χ2v) is 9.71. The lowest BCUT2D eigenvalue weighted by Gasteiger charge is -2.24. The van der Waals surface area contributed by atoms with E-state index in [4.69, 9.17) is 11.4 Å². The molecule has 1 unspecified atom stereocenters. The Kier molecular flexibility index (Phi) is 5.01. The van der Waals surface area contributed by atoms with Crippen molar-refractivity contribution in [3.63, 3.8) is 0 Å². The minimum absolute atomic E-state index is 0.0797. The maximum atomic E-state index is 11.9. The molecule has 2 saturated heterocycles. The molecule has 9 heteroatoms. The predicted octanol–water partition coefficient (Wildman–Crippen LogP) is 2.73. The Bertz CT molecular complexity index is 1570. The summed E-state index contributed by atoms with van der Waals surface area (Å²) in [5.41, 5.74) is 5.07. The Morgan fingerprint density at radius 3 is 2.64 bits per heavy atom. The average molecular weight is 477 g/mol. The zero-order chi connectivity index (χ0) is 24.9. The first-order valence-corrected chi connectivity index (χ1v) is 11.9. The number of hydrogen-bond donors (Lipinski definition) is 0. The molecule has 2 aliphatic rings. The largest absolute Gasteiger partial charge is 0.356 e. The molecule has 36 heavy (non-hydrogen) atoms. The fourth-order valence-electron chi connectivity index (χ4n) is 5.55. The highest BCUT2D eigenvalue weighted by atomic mass is 16.2. The van der Waals surface area contributed by atoms with E-state index >= 15 is 0 Å². The molecule has 2 aliphatic heterocycles. The van der Waals surface area contributed by atoms with Crippen LogP contribution in [0.15, 0.2) is 49.2 Å². The van der Waals surface area contributed by atoms with E-state index in [2.05, 4.69) is 33.2 Å². The second kappa shape index (κ2) is 8.24. The van der Waals surface area contributed by atoms with E-state index < -0.39 is 0 Å². The zero-order valence-electron chi connectivity index (χ0n) is 19.9. The number of aromatic nitrogens is 5. The van der Waals surface area contributed by atoms with E-state index in [1.54, 1.807) is 20.3 Å². The Morgan fingerprint density at radius 2 is 1.92 bits per heavy atom. The average Bonchev–Trinajstić information content (AvgIpc) is 3.70. The van der Waals surface area contributed by atoms with E-state index in [-0.39, 0.29) is 11.3 Å². The van der Waals surface area contributed by atoms with Gasteiger partial charge in [-0.1, -0.05) is 0 Å². The van der Waals surface area contributed by atoms with Crippen LogP contribution in [0.1, 0.15) is 18.4 Å². The van der Waals surface area contributed by atoms with Gasteiger partial charge in [-0.15, -0.1) is 6.42 Å². The van der Waals surface area contributed by atoms with Crippen LogP contribution >= 0.6 is 0 Å². The number of aryl methyl sites for hydroxylation is 1. The van der Waals surface area contributed by atoms with E-state index in [1.165, 1.54) is 0 Å². The molecule has 0 aliphatic carbocycles. The molecule has 4 aromatic rings. The zero-order valence-corrected chi connectivity index (χ0v) is 19.9. The number of terminal acetylenes is 1. The summed E-state index contributed by atoms with van der Waals surface area (Å²) in [7, 11) is 1.88. The van der Waals surface area contributed by atoms with Crippen LogP contribution < -0.4 is 4.90 Å². The normalized spacial score (nSPS) is 19.2. The highest BCUT2D eigenvalue weighted by Crippen LogP contribution is 2.41.